The summed E-state index contributed by atoms with van der Waals surface area (Å²) in [4.78, 5) is 30.4. The van der Waals surface area contributed by atoms with Crippen molar-refractivity contribution in [2.75, 3.05) is 14.2 Å². The molecule has 2 aromatic carbocycles. The summed E-state index contributed by atoms with van der Waals surface area (Å²) in [6.45, 7) is 0.820. The average molecular weight is 428 g/mol. The van der Waals surface area contributed by atoms with E-state index >= 15 is 0 Å². The highest BCUT2D eigenvalue weighted by molar-refractivity contribution is 5.85. The number of para-hydroxylation sites is 1. The van der Waals surface area contributed by atoms with Crippen LogP contribution in [0.5, 0.6) is 11.5 Å². The van der Waals surface area contributed by atoms with Gasteiger partial charge in [0.25, 0.3) is 0 Å². The van der Waals surface area contributed by atoms with E-state index in [1.807, 2.05) is 53.1 Å². The molecule has 0 saturated carbocycles. The maximum atomic E-state index is 12.7. The Morgan fingerprint density at radius 1 is 0.938 bits per heavy atom. The van der Waals surface area contributed by atoms with Gasteiger partial charge in [0.15, 0.2) is 11.5 Å². The third-order valence-corrected chi connectivity index (χ3v) is 5.31. The molecule has 0 aliphatic carbocycles. The molecule has 160 valence electrons. The molecule has 0 radical (unpaired) electrons. The summed E-state index contributed by atoms with van der Waals surface area (Å²) < 4.78 is 14.1. The Hall–Kier alpha value is -4.27. The second kappa shape index (κ2) is 8.10. The Labute approximate surface area is 183 Å². The van der Waals surface area contributed by atoms with Crippen molar-refractivity contribution < 1.29 is 9.47 Å². The van der Waals surface area contributed by atoms with Gasteiger partial charge in [0.1, 0.15) is 29.0 Å². The molecule has 5 rings (SSSR count). The highest BCUT2D eigenvalue weighted by atomic mass is 16.5. The topological polar surface area (TPSA) is 96.9 Å². The Balaban J connectivity index is 1.56. The molecule has 0 bridgehead atoms. The summed E-state index contributed by atoms with van der Waals surface area (Å²) in [5, 5.41) is 0. The van der Waals surface area contributed by atoms with Crippen LogP contribution in [-0.2, 0) is 13.1 Å². The third-order valence-electron chi connectivity index (χ3n) is 5.31. The van der Waals surface area contributed by atoms with Crippen LogP contribution in [0.2, 0.25) is 0 Å². The van der Waals surface area contributed by atoms with Gasteiger partial charge in [0, 0.05) is 5.56 Å². The van der Waals surface area contributed by atoms with Crippen LogP contribution in [0, 0.1) is 0 Å². The molecule has 9 heteroatoms. The van der Waals surface area contributed by atoms with Gasteiger partial charge in [0.2, 0.25) is 0 Å². The Kier molecular flexibility index (Phi) is 4.98. The van der Waals surface area contributed by atoms with Crippen LogP contribution in [0.4, 0.5) is 0 Å². The lowest BCUT2D eigenvalue weighted by Crippen LogP contribution is -2.17. The molecule has 1 aromatic heterocycles. The zero-order chi connectivity index (χ0) is 22.1. The predicted octanol–water partition coefficient (Wildman–Crippen LogP) is 2.60. The van der Waals surface area contributed by atoms with Gasteiger partial charge in [-0.25, -0.2) is 19.7 Å². The van der Waals surface area contributed by atoms with E-state index in [9.17, 15) is 4.79 Å². The monoisotopic (exact) mass is 428 g/mol. The number of hydrogen-bond acceptors (Lipinski definition) is 7. The number of imidazole rings is 2. The average Bonchev–Trinajstić information content (AvgIpc) is 3.29. The lowest BCUT2D eigenvalue weighted by molar-refractivity contribution is 0.408. The maximum absolute atomic E-state index is 12.7. The van der Waals surface area contributed by atoms with Crippen molar-refractivity contribution >= 4 is 11.2 Å². The molecule has 32 heavy (non-hydrogen) atoms. The Bertz CT molecular complexity index is 1440. The van der Waals surface area contributed by atoms with E-state index in [-0.39, 0.29) is 5.69 Å². The number of hydrogen-bond donors (Lipinski definition) is 0. The van der Waals surface area contributed by atoms with E-state index in [1.165, 1.54) is 10.9 Å². The second-order valence-electron chi connectivity index (χ2n) is 7.23. The SMILES string of the molecule is COc1cccc(Cn2c3ncnc4c(ncn4Cc4ccccc4OC)c-3nc2=O)c1. The van der Waals surface area contributed by atoms with Gasteiger partial charge in [-0.3, -0.25) is 4.57 Å². The molecule has 0 N–H and O–H groups in total. The summed E-state index contributed by atoms with van der Waals surface area (Å²) in [5.74, 6) is 1.93. The van der Waals surface area contributed by atoms with Crippen LogP contribution < -0.4 is 15.2 Å². The first-order valence-electron chi connectivity index (χ1n) is 9.99. The summed E-state index contributed by atoms with van der Waals surface area (Å²) in [5.41, 5.74) is 3.03. The molecular formula is C23H20N6O3. The van der Waals surface area contributed by atoms with Crippen LogP contribution in [0.1, 0.15) is 11.1 Å². The lowest BCUT2D eigenvalue weighted by atomic mass is 10.2. The first-order valence-corrected chi connectivity index (χ1v) is 9.99. The normalized spacial score (nSPS) is 11.2. The molecule has 2 aliphatic rings. The largest absolute Gasteiger partial charge is 0.497 e. The van der Waals surface area contributed by atoms with Crippen molar-refractivity contribution in [2.24, 2.45) is 0 Å². The van der Waals surface area contributed by atoms with Gasteiger partial charge in [-0.05, 0) is 23.8 Å². The minimum absolute atomic E-state index is 0.312. The number of aromatic nitrogens is 6. The highest BCUT2D eigenvalue weighted by Gasteiger charge is 2.21. The second-order valence-corrected chi connectivity index (χ2v) is 7.23. The van der Waals surface area contributed by atoms with Crippen molar-refractivity contribution in [2.45, 2.75) is 13.1 Å². The third kappa shape index (κ3) is 3.43. The quantitative estimate of drug-likeness (QED) is 0.410. The van der Waals surface area contributed by atoms with Gasteiger partial charge in [0.05, 0.1) is 33.6 Å². The molecule has 0 atom stereocenters. The van der Waals surface area contributed by atoms with E-state index in [4.69, 9.17) is 9.47 Å². The highest BCUT2D eigenvalue weighted by Crippen LogP contribution is 2.25. The van der Waals surface area contributed by atoms with Gasteiger partial charge in [-0.1, -0.05) is 30.3 Å². The van der Waals surface area contributed by atoms with Crippen molar-refractivity contribution in [1.82, 2.24) is 29.1 Å². The van der Waals surface area contributed by atoms with Crippen LogP contribution in [0.25, 0.3) is 22.7 Å². The standard InChI is InChI=1S/C23H20N6O3/c1-31-17-8-5-6-15(10-17)11-29-22-20(27-23(29)30)19-21(24-13-25-22)28(14-26-19)12-16-7-3-4-9-18(16)32-2/h3-10,13-14H,11-12H2,1-2H3. The van der Waals surface area contributed by atoms with E-state index in [2.05, 4.69) is 19.9 Å². The summed E-state index contributed by atoms with van der Waals surface area (Å²) in [6.07, 6.45) is 3.13. The molecule has 0 saturated heterocycles. The number of nitrogens with zero attached hydrogens (tertiary/aromatic N) is 6. The molecular weight excluding hydrogens is 408 g/mol. The number of rotatable bonds is 6. The first kappa shape index (κ1) is 19.7. The summed E-state index contributed by atoms with van der Waals surface area (Å²) in [6, 6.07) is 15.3. The van der Waals surface area contributed by atoms with E-state index in [0.717, 1.165) is 22.6 Å². The molecule has 0 unspecified atom stereocenters. The molecule has 3 aromatic rings. The van der Waals surface area contributed by atoms with Gasteiger partial charge < -0.3 is 14.0 Å². The van der Waals surface area contributed by atoms with Crippen LogP contribution in [0.15, 0.2) is 66.0 Å². The minimum atomic E-state index is -0.387. The van der Waals surface area contributed by atoms with Crippen LogP contribution in [-0.4, -0.2) is 43.3 Å². The molecule has 0 fully saturated rings. The van der Waals surface area contributed by atoms with Crippen LogP contribution in [0.3, 0.4) is 0 Å². The molecule has 3 heterocycles. The first-order chi connectivity index (χ1) is 15.7. The fourth-order valence-electron chi connectivity index (χ4n) is 3.76. The molecule has 9 nitrogen and oxygen atoms in total. The number of fused-ring (bicyclic) bond motifs is 3. The maximum Gasteiger partial charge on any atom is 0.350 e. The van der Waals surface area contributed by atoms with Gasteiger partial charge in [-0.2, -0.15) is 4.98 Å². The zero-order valence-corrected chi connectivity index (χ0v) is 17.6. The molecule has 0 amide bonds. The number of ether oxygens (including phenoxy) is 2. The Morgan fingerprint density at radius 3 is 2.66 bits per heavy atom. The smallest absolute Gasteiger partial charge is 0.350 e. The summed E-state index contributed by atoms with van der Waals surface area (Å²) >= 11 is 0. The van der Waals surface area contributed by atoms with E-state index in [1.54, 1.807) is 20.5 Å². The van der Waals surface area contributed by atoms with Crippen molar-refractivity contribution in [1.29, 1.82) is 0 Å². The van der Waals surface area contributed by atoms with Crippen molar-refractivity contribution in [3.8, 4) is 23.0 Å². The van der Waals surface area contributed by atoms with Gasteiger partial charge in [-0.15, -0.1) is 0 Å². The van der Waals surface area contributed by atoms with Gasteiger partial charge >= 0.3 is 5.69 Å². The molecule has 2 aliphatic heterocycles. The number of methoxy groups -OCH3 is 2. The lowest BCUT2D eigenvalue weighted by Gasteiger charge is -2.08. The Morgan fingerprint density at radius 2 is 1.81 bits per heavy atom. The summed E-state index contributed by atoms with van der Waals surface area (Å²) in [7, 11) is 3.25. The predicted molar refractivity (Wildman–Crippen MR) is 118 cm³/mol. The van der Waals surface area contributed by atoms with E-state index in [0.29, 0.717) is 35.8 Å². The van der Waals surface area contributed by atoms with Crippen LogP contribution >= 0.6 is 0 Å². The number of benzene rings is 2. The fraction of sp³-hybridized carbons (Fsp3) is 0.174. The van der Waals surface area contributed by atoms with E-state index < -0.39 is 0 Å². The zero-order valence-electron chi connectivity index (χ0n) is 17.6. The fourth-order valence-corrected chi connectivity index (χ4v) is 3.76. The van der Waals surface area contributed by atoms with Crippen molar-refractivity contribution in [3.05, 3.63) is 82.8 Å². The van der Waals surface area contributed by atoms with Crippen molar-refractivity contribution in [3.63, 3.8) is 0 Å². The molecule has 0 spiro atoms. The minimum Gasteiger partial charge on any atom is -0.497 e.